The molecule has 0 aliphatic rings. The zero-order valence-corrected chi connectivity index (χ0v) is 16.2. The predicted octanol–water partition coefficient (Wildman–Crippen LogP) is 4.85. The van der Waals surface area contributed by atoms with E-state index in [9.17, 15) is 4.79 Å². The number of rotatable bonds is 7. The third-order valence-corrected chi connectivity index (χ3v) is 4.51. The van der Waals surface area contributed by atoms with Gasteiger partial charge in [-0.2, -0.15) is 0 Å². The van der Waals surface area contributed by atoms with E-state index in [4.69, 9.17) is 9.47 Å². The zero-order chi connectivity index (χ0) is 19.2. The van der Waals surface area contributed by atoms with Gasteiger partial charge in [0.2, 0.25) is 0 Å². The SMILES string of the molecule is CCOc1ccc(NC(=O)c2csc(Nc3cc(C)ccc3OC)n2)cc1. The zero-order valence-electron chi connectivity index (χ0n) is 15.4. The highest BCUT2D eigenvalue weighted by molar-refractivity contribution is 7.14. The molecular weight excluding hydrogens is 362 g/mol. The van der Waals surface area contributed by atoms with Gasteiger partial charge in [0.1, 0.15) is 17.2 Å². The van der Waals surface area contributed by atoms with Gasteiger partial charge in [0, 0.05) is 11.1 Å². The number of methoxy groups -OCH3 is 1. The maximum atomic E-state index is 12.4. The van der Waals surface area contributed by atoms with E-state index in [2.05, 4.69) is 15.6 Å². The minimum Gasteiger partial charge on any atom is -0.495 e. The Balaban J connectivity index is 1.68. The lowest BCUT2D eigenvalue weighted by Gasteiger charge is -2.09. The fourth-order valence-corrected chi connectivity index (χ4v) is 3.17. The first-order chi connectivity index (χ1) is 13.1. The number of nitrogens with zero attached hydrogens (tertiary/aromatic N) is 1. The van der Waals surface area contributed by atoms with Gasteiger partial charge in [-0.25, -0.2) is 4.98 Å². The Bertz CT molecular complexity index is 922. The van der Waals surface area contributed by atoms with Gasteiger partial charge in [0.15, 0.2) is 5.13 Å². The van der Waals surface area contributed by atoms with Crippen LogP contribution in [0.3, 0.4) is 0 Å². The number of aryl methyl sites for hydroxylation is 1. The Morgan fingerprint density at radius 2 is 1.96 bits per heavy atom. The normalized spacial score (nSPS) is 10.3. The maximum absolute atomic E-state index is 12.4. The molecule has 27 heavy (non-hydrogen) atoms. The Morgan fingerprint density at radius 3 is 2.67 bits per heavy atom. The molecule has 0 aliphatic carbocycles. The average Bonchev–Trinajstić information content (AvgIpc) is 3.12. The van der Waals surface area contributed by atoms with Crippen molar-refractivity contribution in [3.8, 4) is 11.5 Å². The van der Waals surface area contributed by atoms with Crippen LogP contribution in [-0.4, -0.2) is 24.6 Å². The second-order valence-corrected chi connectivity index (χ2v) is 6.64. The summed E-state index contributed by atoms with van der Waals surface area (Å²) in [5.41, 5.74) is 2.95. The fraction of sp³-hybridized carbons (Fsp3) is 0.200. The number of amides is 1. The number of aromatic nitrogens is 1. The third-order valence-electron chi connectivity index (χ3n) is 3.76. The van der Waals surface area contributed by atoms with Crippen molar-refractivity contribution < 1.29 is 14.3 Å². The maximum Gasteiger partial charge on any atom is 0.275 e. The van der Waals surface area contributed by atoms with Gasteiger partial charge in [-0.05, 0) is 55.8 Å². The summed E-state index contributed by atoms with van der Waals surface area (Å²) in [6.45, 7) is 4.53. The molecule has 6 nitrogen and oxygen atoms in total. The first kappa shape index (κ1) is 18.7. The number of hydrogen-bond donors (Lipinski definition) is 2. The van der Waals surface area contributed by atoms with Crippen LogP contribution in [0.2, 0.25) is 0 Å². The van der Waals surface area contributed by atoms with E-state index in [-0.39, 0.29) is 5.91 Å². The number of thiazole rings is 1. The first-order valence-electron chi connectivity index (χ1n) is 8.50. The highest BCUT2D eigenvalue weighted by atomic mass is 32.1. The second-order valence-electron chi connectivity index (χ2n) is 5.78. The molecule has 0 radical (unpaired) electrons. The highest BCUT2D eigenvalue weighted by Gasteiger charge is 2.13. The molecule has 0 unspecified atom stereocenters. The number of carbonyl (C=O) groups excluding carboxylic acids is 1. The smallest absolute Gasteiger partial charge is 0.275 e. The Labute approximate surface area is 162 Å². The van der Waals surface area contributed by atoms with E-state index in [1.165, 1.54) is 11.3 Å². The largest absolute Gasteiger partial charge is 0.495 e. The number of anilines is 3. The Morgan fingerprint density at radius 1 is 1.19 bits per heavy atom. The van der Waals surface area contributed by atoms with Gasteiger partial charge in [0.25, 0.3) is 5.91 Å². The van der Waals surface area contributed by atoms with Crippen LogP contribution in [0.4, 0.5) is 16.5 Å². The molecule has 1 heterocycles. The van der Waals surface area contributed by atoms with E-state index in [0.29, 0.717) is 23.1 Å². The van der Waals surface area contributed by atoms with Crippen molar-refractivity contribution >= 4 is 33.8 Å². The molecule has 140 valence electrons. The molecule has 0 atom stereocenters. The summed E-state index contributed by atoms with van der Waals surface area (Å²) in [5, 5.41) is 8.38. The minimum atomic E-state index is -0.264. The van der Waals surface area contributed by atoms with Gasteiger partial charge >= 0.3 is 0 Å². The average molecular weight is 383 g/mol. The standard InChI is InChI=1S/C20H21N3O3S/c1-4-26-15-8-6-14(7-9-15)21-19(24)17-12-27-20(23-17)22-16-11-13(2)5-10-18(16)25-3/h5-12H,4H2,1-3H3,(H,21,24)(H,22,23). The lowest BCUT2D eigenvalue weighted by molar-refractivity contribution is 0.102. The van der Waals surface area contributed by atoms with Gasteiger partial charge in [-0.1, -0.05) is 6.07 Å². The summed E-state index contributed by atoms with van der Waals surface area (Å²) in [6, 6.07) is 13.1. The van der Waals surface area contributed by atoms with Crippen LogP contribution in [0.25, 0.3) is 0 Å². The number of nitrogens with one attached hydrogen (secondary N) is 2. The number of benzene rings is 2. The van der Waals surface area contributed by atoms with Crippen molar-refractivity contribution in [2.75, 3.05) is 24.4 Å². The lowest BCUT2D eigenvalue weighted by atomic mass is 10.2. The van der Waals surface area contributed by atoms with Crippen LogP contribution >= 0.6 is 11.3 Å². The first-order valence-corrected chi connectivity index (χ1v) is 9.38. The second kappa shape index (κ2) is 8.55. The molecule has 0 bridgehead atoms. The van der Waals surface area contributed by atoms with Crippen LogP contribution in [0, 0.1) is 6.92 Å². The Kier molecular flexibility index (Phi) is 5.93. The molecule has 7 heteroatoms. The lowest BCUT2D eigenvalue weighted by Crippen LogP contribution is -2.12. The summed E-state index contributed by atoms with van der Waals surface area (Å²) in [5.74, 6) is 1.22. The highest BCUT2D eigenvalue weighted by Crippen LogP contribution is 2.30. The van der Waals surface area contributed by atoms with Crippen molar-refractivity contribution in [1.29, 1.82) is 0 Å². The topological polar surface area (TPSA) is 72.5 Å². The minimum absolute atomic E-state index is 0.264. The number of carbonyl (C=O) groups is 1. The van der Waals surface area contributed by atoms with Crippen LogP contribution in [0.5, 0.6) is 11.5 Å². The molecule has 3 aromatic rings. The van der Waals surface area contributed by atoms with Crippen molar-refractivity contribution in [2.24, 2.45) is 0 Å². The third kappa shape index (κ3) is 4.77. The summed E-state index contributed by atoms with van der Waals surface area (Å²) in [7, 11) is 1.62. The summed E-state index contributed by atoms with van der Waals surface area (Å²) >= 11 is 1.36. The fourth-order valence-electron chi connectivity index (χ4n) is 2.47. The van der Waals surface area contributed by atoms with E-state index >= 15 is 0 Å². The molecule has 2 aromatic carbocycles. The molecule has 0 aliphatic heterocycles. The van der Waals surface area contributed by atoms with Crippen LogP contribution in [-0.2, 0) is 0 Å². The molecule has 0 saturated carbocycles. The van der Waals surface area contributed by atoms with E-state index in [1.54, 1.807) is 24.6 Å². The monoisotopic (exact) mass is 383 g/mol. The molecule has 3 rings (SSSR count). The molecule has 0 spiro atoms. The molecular formula is C20H21N3O3S. The van der Waals surface area contributed by atoms with E-state index in [0.717, 1.165) is 22.7 Å². The summed E-state index contributed by atoms with van der Waals surface area (Å²) < 4.78 is 10.8. The van der Waals surface area contributed by atoms with Crippen LogP contribution < -0.4 is 20.1 Å². The van der Waals surface area contributed by atoms with Crippen molar-refractivity contribution in [2.45, 2.75) is 13.8 Å². The molecule has 1 aromatic heterocycles. The molecule has 1 amide bonds. The number of hydrogen-bond acceptors (Lipinski definition) is 6. The van der Waals surface area contributed by atoms with E-state index in [1.807, 2.05) is 44.2 Å². The predicted molar refractivity (Wildman–Crippen MR) is 109 cm³/mol. The molecule has 0 fully saturated rings. The van der Waals surface area contributed by atoms with Crippen LogP contribution in [0.1, 0.15) is 23.0 Å². The van der Waals surface area contributed by atoms with Gasteiger partial charge in [-0.15, -0.1) is 11.3 Å². The van der Waals surface area contributed by atoms with Gasteiger partial charge in [-0.3, -0.25) is 4.79 Å². The number of ether oxygens (including phenoxy) is 2. The molecule has 2 N–H and O–H groups in total. The van der Waals surface area contributed by atoms with Crippen molar-refractivity contribution in [3.63, 3.8) is 0 Å². The molecule has 0 saturated heterocycles. The Hall–Kier alpha value is -3.06. The summed E-state index contributed by atoms with van der Waals surface area (Å²) in [4.78, 5) is 16.8. The summed E-state index contributed by atoms with van der Waals surface area (Å²) in [6.07, 6.45) is 0. The van der Waals surface area contributed by atoms with Crippen LogP contribution in [0.15, 0.2) is 47.8 Å². The van der Waals surface area contributed by atoms with Crippen molar-refractivity contribution in [1.82, 2.24) is 4.98 Å². The van der Waals surface area contributed by atoms with E-state index < -0.39 is 0 Å². The van der Waals surface area contributed by atoms with Gasteiger partial charge < -0.3 is 20.1 Å². The quantitative estimate of drug-likeness (QED) is 0.610. The van der Waals surface area contributed by atoms with Crippen molar-refractivity contribution in [3.05, 3.63) is 59.1 Å². The van der Waals surface area contributed by atoms with Gasteiger partial charge in [0.05, 0.1) is 19.4 Å².